The number of nitrogens with zero attached hydrogens (tertiary/aromatic N) is 1. The van der Waals surface area contributed by atoms with Crippen molar-refractivity contribution in [3.8, 4) is 0 Å². The first-order valence-corrected chi connectivity index (χ1v) is 7.62. The van der Waals surface area contributed by atoms with E-state index < -0.39 is 23.7 Å². The van der Waals surface area contributed by atoms with E-state index in [1.54, 1.807) is 6.92 Å². The van der Waals surface area contributed by atoms with Gasteiger partial charge in [-0.3, -0.25) is 4.90 Å². The number of hydrogen-bond acceptors (Lipinski definition) is 4. The zero-order valence-corrected chi connectivity index (χ0v) is 14.1. The van der Waals surface area contributed by atoms with Crippen LogP contribution in [0, 0.1) is 0 Å². The number of methoxy groups -OCH3 is 1. The van der Waals surface area contributed by atoms with Crippen LogP contribution in [0.3, 0.4) is 0 Å². The molecular formula is C17H25NO5. The van der Waals surface area contributed by atoms with Crippen molar-refractivity contribution in [2.75, 3.05) is 13.7 Å². The molecule has 0 aliphatic rings. The predicted molar refractivity (Wildman–Crippen MR) is 86.1 cm³/mol. The molecule has 0 radical (unpaired) electrons. The van der Waals surface area contributed by atoms with Gasteiger partial charge in [0.1, 0.15) is 6.61 Å². The number of ether oxygens (including phenoxy) is 2. The number of aliphatic carboxylic acids is 1. The second kappa shape index (κ2) is 8.53. The van der Waals surface area contributed by atoms with Gasteiger partial charge in [0.2, 0.25) is 0 Å². The molecule has 0 saturated carbocycles. The van der Waals surface area contributed by atoms with E-state index in [2.05, 4.69) is 0 Å². The van der Waals surface area contributed by atoms with Crippen molar-refractivity contribution in [3.05, 3.63) is 35.9 Å². The van der Waals surface area contributed by atoms with Crippen molar-refractivity contribution >= 4 is 12.1 Å². The van der Waals surface area contributed by atoms with Gasteiger partial charge in [0.15, 0.2) is 5.54 Å². The van der Waals surface area contributed by atoms with Crippen LogP contribution in [0.4, 0.5) is 4.79 Å². The Hall–Kier alpha value is -2.08. The van der Waals surface area contributed by atoms with Crippen molar-refractivity contribution in [2.45, 2.75) is 45.4 Å². The van der Waals surface area contributed by atoms with Gasteiger partial charge >= 0.3 is 12.1 Å². The topological polar surface area (TPSA) is 76.1 Å². The van der Waals surface area contributed by atoms with Crippen LogP contribution in [0.25, 0.3) is 0 Å². The Morgan fingerprint density at radius 2 is 1.91 bits per heavy atom. The highest BCUT2D eigenvalue weighted by Crippen LogP contribution is 2.24. The summed E-state index contributed by atoms with van der Waals surface area (Å²) in [6, 6.07) is 9.25. The van der Waals surface area contributed by atoms with E-state index in [1.807, 2.05) is 37.3 Å². The van der Waals surface area contributed by atoms with E-state index in [9.17, 15) is 14.7 Å². The lowest BCUT2D eigenvalue weighted by Crippen LogP contribution is -2.61. The lowest BCUT2D eigenvalue weighted by molar-refractivity contribution is -0.158. The molecule has 0 bridgehead atoms. The van der Waals surface area contributed by atoms with Crippen molar-refractivity contribution in [1.29, 1.82) is 0 Å². The lowest BCUT2D eigenvalue weighted by atomic mass is 9.93. The SMILES string of the molecule is CCCN(C(=O)OCc1ccccc1)C(C)(C(=O)O)C(C)OC. The first-order valence-electron chi connectivity index (χ1n) is 7.62. The summed E-state index contributed by atoms with van der Waals surface area (Å²) in [6.07, 6.45) is -0.736. The zero-order chi connectivity index (χ0) is 17.5. The molecule has 6 heteroatoms. The monoisotopic (exact) mass is 323 g/mol. The van der Waals surface area contributed by atoms with Crippen molar-refractivity contribution in [1.82, 2.24) is 4.90 Å². The Labute approximate surface area is 137 Å². The van der Waals surface area contributed by atoms with Gasteiger partial charge in [-0.05, 0) is 25.8 Å². The van der Waals surface area contributed by atoms with Crippen LogP contribution in [0.15, 0.2) is 30.3 Å². The molecule has 2 atom stereocenters. The molecule has 128 valence electrons. The second-order valence-electron chi connectivity index (χ2n) is 5.52. The van der Waals surface area contributed by atoms with Gasteiger partial charge < -0.3 is 14.6 Å². The highest BCUT2D eigenvalue weighted by Gasteiger charge is 2.48. The predicted octanol–water partition coefficient (Wildman–Crippen LogP) is 2.91. The molecule has 1 aromatic rings. The molecule has 0 fully saturated rings. The van der Waals surface area contributed by atoms with Gasteiger partial charge in [-0.1, -0.05) is 37.3 Å². The molecule has 6 nitrogen and oxygen atoms in total. The molecule has 2 unspecified atom stereocenters. The summed E-state index contributed by atoms with van der Waals surface area (Å²) in [5.74, 6) is -1.13. The number of amides is 1. The summed E-state index contributed by atoms with van der Waals surface area (Å²) in [6.45, 7) is 5.34. The van der Waals surface area contributed by atoms with Crippen LogP contribution in [0.2, 0.25) is 0 Å². The van der Waals surface area contributed by atoms with Gasteiger partial charge in [-0.2, -0.15) is 0 Å². The first kappa shape index (κ1) is 19.0. The third-order valence-electron chi connectivity index (χ3n) is 4.01. The fourth-order valence-corrected chi connectivity index (χ4v) is 2.27. The standard InChI is InChI=1S/C17H25NO5/c1-5-11-18(17(3,15(19)20)13(2)22-4)16(21)23-12-14-9-7-6-8-10-14/h6-10,13H,5,11-12H2,1-4H3,(H,19,20). The summed E-state index contributed by atoms with van der Waals surface area (Å²) < 4.78 is 10.5. The van der Waals surface area contributed by atoms with E-state index in [0.717, 1.165) is 5.56 Å². The zero-order valence-electron chi connectivity index (χ0n) is 14.1. The molecule has 0 aliphatic carbocycles. The Balaban J connectivity index is 2.94. The molecule has 0 aromatic heterocycles. The van der Waals surface area contributed by atoms with Crippen LogP contribution in [-0.2, 0) is 20.9 Å². The maximum absolute atomic E-state index is 12.5. The van der Waals surface area contributed by atoms with E-state index in [-0.39, 0.29) is 13.2 Å². The number of hydrogen-bond donors (Lipinski definition) is 1. The van der Waals surface area contributed by atoms with Crippen molar-refractivity contribution in [3.63, 3.8) is 0 Å². The minimum Gasteiger partial charge on any atom is -0.479 e. The Morgan fingerprint density at radius 1 is 1.30 bits per heavy atom. The summed E-state index contributed by atoms with van der Waals surface area (Å²) in [4.78, 5) is 25.5. The summed E-state index contributed by atoms with van der Waals surface area (Å²) in [5, 5.41) is 9.64. The lowest BCUT2D eigenvalue weighted by Gasteiger charge is -2.40. The van der Waals surface area contributed by atoms with E-state index in [1.165, 1.54) is 18.9 Å². The van der Waals surface area contributed by atoms with Crippen LogP contribution in [0.5, 0.6) is 0 Å². The van der Waals surface area contributed by atoms with Gasteiger partial charge in [0.05, 0.1) is 6.10 Å². The normalized spacial score (nSPS) is 14.6. The third kappa shape index (κ3) is 4.45. The van der Waals surface area contributed by atoms with Gasteiger partial charge in [0, 0.05) is 13.7 Å². The highest BCUT2D eigenvalue weighted by atomic mass is 16.6. The van der Waals surface area contributed by atoms with Crippen LogP contribution in [0.1, 0.15) is 32.8 Å². The molecule has 0 heterocycles. The Bertz CT molecular complexity index is 519. The fourth-order valence-electron chi connectivity index (χ4n) is 2.27. The average Bonchev–Trinajstić information content (AvgIpc) is 2.56. The molecule has 1 aromatic carbocycles. The smallest absolute Gasteiger partial charge is 0.411 e. The number of rotatable bonds is 8. The Morgan fingerprint density at radius 3 is 2.39 bits per heavy atom. The highest BCUT2D eigenvalue weighted by molar-refractivity contribution is 5.84. The molecule has 23 heavy (non-hydrogen) atoms. The number of carboxylic acids is 1. The second-order valence-corrected chi connectivity index (χ2v) is 5.52. The van der Waals surface area contributed by atoms with Crippen LogP contribution in [-0.4, -0.2) is 47.4 Å². The van der Waals surface area contributed by atoms with Crippen LogP contribution >= 0.6 is 0 Å². The summed E-state index contributed by atoms with van der Waals surface area (Å²) in [7, 11) is 1.42. The fraction of sp³-hybridized carbons (Fsp3) is 0.529. The van der Waals surface area contributed by atoms with E-state index in [0.29, 0.717) is 6.42 Å². The molecule has 0 spiro atoms. The first-order chi connectivity index (χ1) is 10.9. The molecule has 0 saturated heterocycles. The van der Waals surface area contributed by atoms with Gasteiger partial charge in [-0.25, -0.2) is 9.59 Å². The maximum atomic E-state index is 12.5. The summed E-state index contributed by atoms with van der Waals surface area (Å²) in [5.41, 5.74) is -0.660. The number of benzene rings is 1. The van der Waals surface area contributed by atoms with Gasteiger partial charge in [0.25, 0.3) is 0 Å². The largest absolute Gasteiger partial charge is 0.479 e. The number of carbonyl (C=O) groups excluding carboxylic acids is 1. The quantitative estimate of drug-likeness (QED) is 0.796. The molecule has 1 rings (SSSR count). The van der Waals surface area contributed by atoms with E-state index in [4.69, 9.17) is 9.47 Å². The maximum Gasteiger partial charge on any atom is 0.411 e. The number of carboxylic acid groups (broad SMARTS) is 1. The minimum atomic E-state index is -1.50. The summed E-state index contributed by atoms with van der Waals surface area (Å²) >= 11 is 0. The Kier molecular flexibility index (Phi) is 7.03. The van der Waals surface area contributed by atoms with E-state index >= 15 is 0 Å². The average molecular weight is 323 g/mol. The number of carbonyl (C=O) groups is 2. The van der Waals surface area contributed by atoms with Crippen LogP contribution < -0.4 is 0 Å². The molecule has 1 amide bonds. The molecular weight excluding hydrogens is 298 g/mol. The minimum absolute atomic E-state index is 0.0942. The third-order valence-corrected chi connectivity index (χ3v) is 4.01. The van der Waals surface area contributed by atoms with Crippen molar-refractivity contribution in [2.24, 2.45) is 0 Å². The molecule has 0 aliphatic heterocycles. The molecule has 1 N–H and O–H groups in total. The van der Waals surface area contributed by atoms with Gasteiger partial charge in [-0.15, -0.1) is 0 Å². The van der Waals surface area contributed by atoms with Crippen molar-refractivity contribution < 1.29 is 24.2 Å².